The van der Waals surface area contributed by atoms with E-state index in [0.29, 0.717) is 55.2 Å². The first-order chi connectivity index (χ1) is 16.8. The number of benzene rings is 1. The van der Waals surface area contributed by atoms with Crippen LogP contribution in [0.3, 0.4) is 0 Å². The smallest absolute Gasteiger partial charge is 0.407 e. The molecule has 0 unspecified atom stereocenters. The summed E-state index contributed by atoms with van der Waals surface area (Å²) in [6.45, 7) is 12.6. The second-order valence-electron chi connectivity index (χ2n) is 9.87. The quantitative estimate of drug-likeness (QED) is 0.383. The number of aromatic nitrogens is 4. The number of fused-ring (bicyclic) bond motifs is 1. The molecule has 2 aromatic heterocycles. The molecular formula is C25H35N7O4. The van der Waals surface area contributed by atoms with Crippen molar-refractivity contribution in [2.45, 2.75) is 73.0 Å². The number of hydrogen-bond donors (Lipinski definition) is 3. The van der Waals surface area contributed by atoms with Crippen LogP contribution in [0, 0.1) is 13.8 Å². The Hall–Kier alpha value is -3.89. The molecule has 3 rings (SSSR count). The van der Waals surface area contributed by atoms with Crippen molar-refractivity contribution in [3.63, 3.8) is 0 Å². The van der Waals surface area contributed by atoms with Gasteiger partial charge in [0.15, 0.2) is 0 Å². The maximum absolute atomic E-state index is 13.1. The maximum atomic E-state index is 13.1. The predicted molar refractivity (Wildman–Crippen MR) is 137 cm³/mol. The molecule has 0 bridgehead atoms. The standard InChI is InChI=1S/C25H35N7O4/c1-7-32-19(13-16(3)29-32)22(34)28-23-27-18-14-17(21(26)33)12-15(2)20(18)30(23)10-8-9-11-31(24(35)36)25(4,5)6/h12-14H,7-11H2,1-6H3,(H2,26,33)(H,35,36)(H,27,28,34). The fourth-order valence-electron chi connectivity index (χ4n) is 4.33. The predicted octanol–water partition coefficient (Wildman–Crippen LogP) is 3.78. The number of aryl methyl sites for hydroxylation is 4. The molecule has 1 aromatic carbocycles. The van der Waals surface area contributed by atoms with Gasteiger partial charge in [0.25, 0.3) is 5.91 Å². The first-order valence-electron chi connectivity index (χ1n) is 12.0. The molecule has 36 heavy (non-hydrogen) atoms. The Bertz CT molecular complexity index is 1300. The average molecular weight is 498 g/mol. The first-order valence-corrected chi connectivity index (χ1v) is 12.0. The number of nitrogens with two attached hydrogens (primary N) is 1. The van der Waals surface area contributed by atoms with Gasteiger partial charge in [-0.2, -0.15) is 5.10 Å². The van der Waals surface area contributed by atoms with Crippen molar-refractivity contribution in [2.75, 3.05) is 11.9 Å². The molecule has 0 radical (unpaired) electrons. The number of rotatable bonds is 9. The number of anilines is 1. The number of carbonyl (C=O) groups is 3. The highest BCUT2D eigenvalue weighted by atomic mass is 16.4. The van der Waals surface area contributed by atoms with E-state index >= 15 is 0 Å². The largest absolute Gasteiger partial charge is 0.465 e. The van der Waals surface area contributed by atoms with Crippen molar-refractivity contribution in [1.82, 2.24) is 24.2 Å². The summed E-state index contributed by atoms with van der Waals surface area (Å²) in [5.74, 6) is -0.558. The number of imidazole rings is 1. The molecule has 3 amide bonds. The number of unbranched alkanes of at least 4 members (excludes halogenated alkanes) is 1. The number of hydrogen-bond acceptors (Lipinski definition) is 5. The summed E-state index contributed by atoms with van der Waals surface area (Å²) in [4.78, 5) is 42.6. The van der Waals surface area contributed by atoms with Gasteiger partial charge < -0.3 is 20.3 Å². The van der Waals surface area contributed by atoms with E-state index in [1.807, 2.05) is 46.1 Å². The van der Waals surface area contributed by atoms with E-state index in [-0.39, 0.29) is 5.91 Å². The highest BCUT2D eigenvalue weighted by Gasteiger charge is 2.25. The molecule has 0 spiro atoms. The zero-order chi connectivity index (χ0) is 26.8. The lowest BCUT2D eigenvalue weighted by atomic mass is 10.1. The summed E-state index contributed by atoms with van der Waals surface area (Å²) in [7, 11) is 0. The molecule has 4 N–H and O–H groups in total. The second kappa shape index (κ2) is 10.4. The fourth-order valence-corrected chi connectivity index (χ4v) is 4.33. The van der Waals surface area contributed by atoms with Gasteiger partial charge in [0, 0.05) is 30.7 Å². The molecule has 3 aromatic rings. The molecule has 11 nitrogen and oxygen atoms in total. The van der Waals surface area contributed by atoms with Gasteiger partial charge in [0.2, 0.25) is 11.9 Å². The summed E-state index contributed by atoms with van der Waals surface area (Å²) < 4.78 is 3.52. The summed E-state index contributed by atoms with van der Waals surface area (Å²) in [5, 5.41) is 16.8. The highest BCUT2D eigenvalue weighted by molar-refractivity contribution is 6.03. The van der Waals surface area contributed by atoms with E-state index in [2.05, 4.69) is 15.4 Å². The third-order valence-electron chi connectivity index (χ3n) is 6.03. The Morgan fingerprint density at radius 1 is 1.14 bits per heavy atom. The highest BCUT2D eigenvalue weighted by Crippen LogP contribution is 2.26. The van der Waals surface area contributed by atoms with Crippen molar-refractivity contribution in [3.8, 4) is 0 Å². The number of nitrogens with zero attached hydrogens (tertiary/aromatic N) is 5. The van der Waals surface area contributed by atoms with Gasteiger partial charge in [-0.25, -0.2) is 9.78 Å². The van der Waals surface area contributed by atoms with Crippen molar-refractivity contribution >= 4 is 34.9 Å². The van der Waals surface area contributed by atoms with Gasteiger partial charge in [0.05, 0.1) is 16.7 Å². The first kappa shape index (κ1) is 26.7. The van der Waals surface area contributed by atoms with Crippen molar-refractivity contribution in [2.24, 2.45) is 5.73 Å². The molecule has 2 heterocycles. The van der Waals surface area contributed by atoms with E-state index < -0.39 is 17.5 Å². The van der Waals surface area contributed by atoms with Gasteiger partial charge in [0.1, 0.15) is 5.69 Å². The molecule has 0 aliphatic heterocycles. The molecule has 0 saturated carbocycles. The van der Waals surface area contributed by atoms with Gasteiger partial charge in [-0.3, -0.25) is 19.6 Å². The molecular weight excluding hydrogens is 462 g/mol. The van der Waals surface area contributed by atoms with E-state index in [0.717, 1.165) is 16.8 Å². The monoisotopic (exact) mass is 497 g/mol. The Labute approximate surface area is 210 Å². The van der Waals surface area contributed by atoms with Gasteiger partial charge in [-0.15, -0.1) is 0 Å². The fraction of sp³-hybridized carbons (Fsp3) is 0.480. The van der Waals surface area contributed by atoms with Crippen LogP contribution in [0.4, 0.5) is 10.7 Å². The Kier molecular flexibility index (Phi) is 7.71. The van der Waals surface area contributed by atoms with E-state index in [4.69, 9.17) is 5.73 Å². The summed E-state index contributed by atoms with van der Waals surface area (Å²) in [6.07, 6.45) is 0.315. The lowest BCUT2D eigenvalue weighted by Crippen LogP contribution is -2.45. The molecule has 0 aliphatic rings. The van der Waals surface area contributed by atoms with E-state index in [1.54, 1.807) is 22.9 Å². The zero-order valence-electron chi connectivity index (χ0n) is 21.8. The minimum atomic E-state index is -0.957. The third-order valence-corrected chi connectivity index (χ3v) is 6.03. The number of primary amides is 1. The lowest BCUT2D eigenvalue weighted by molar-refractivity contribution is 0.0981. The molecule has 194 valence electrons. The van der Waals surface area contributed by atoms with Gasteiger partial charge in [-0.05, 0) is 78.1 Å². The van der Waals surface area contributed by atoms with Crippen LogP contribution in [0.5, 0.6) is 0 Å². The van der Waals surface area contributed by atoms with Crippen LogP contribution in [0.2, 0.25) is 0 Å². The number of carboxylic acid groups (broad SMARTS) is 1. The topological polar surface area (TPSA) is 148 Å². The second-order valence-corrected chi connectivity index (χ2v) is 9.87. The van der Waals surface area contributed by atoms with Crippen LogP contribution in [-0.2, 0) is 13.1 Å². The summed E-state index contributed by atoms with van der Waals surface area (Å²) >= 11 is 0. The average Bonchev–Trinajstić information content (AvgIpc) is 3.32. The van der Waals surface area contributed by atoms with Gasteiger partial charge >= 0.3 is 6.09 Å². The number of carbonyl (C=O) groups excluding carboxylic acids is 2. The van der Waals surface area contributed by atoms with E-state index in [9.17, 15) is 19.5 Å². The van der Waals surface area contributed by atoms with Crippen molar-refractivity contribution in [3.05, 3.63) is 40.7 Å². The van der Waals surface area contributed by atoms with Crippen LogP contribution in [0.1, 0.15) is 72.6 Å². The Balaban J connectivity index is 1.92. The third kappa shape index (κ3) is 5.67. The van der Waals surface area contributed by atoms with Crippen molar-refractivity contribution < 1.29 is 19.5 Å². The zero-order valence-corrected chi connectivity index (χ0v) is 21.8. The minimum absolute atomic E-state index is 0.337. The van der Waals surface area contributed by atoms with Crippen LogP contribution in [0.25, 0.3) is 11.0 Å². The molecule has 0 aliphatic carbocycles. The SMILES string of the molecule is CCn1nc(C)cc1C(=O)Nc1nc2cc(C(N)=O)cc(C)c2n1CCCCN(C(=O)O)C(C)(C)C. The minimum Gasteiger partial charge on any atom is -0.465 e. The van der Waals surface area contributed by atoms with E-state index in [1.165, 1.54) is 4.90 Å². The van der Waals surface area contributed by atoms with Crippen molar-refractivity contribution in [1.29, 1.82) is 0 Å². The van der Waals surface area contributed by atoms with Crippen LogP contribution in [-0.4, -0.2) is 59.3 Å². The molecule has 0 fully saturated rings. The van der Waals surface area contributed by atoms with Crippen LogP contribution >= 0.6 is 0 Å². The normalized spacial score (nSPS) is 11.6. The number of amides is 3. The Morgan fingerprint density at radius 3 is 2.42 bits per heavy atom. The van der Waals surface area contributed by atoms with Crippen LogP contribution in [0.15, 0.2) is 18.2 Å². The summed E-state index contributed by atoms with van der Waals surface area (Å²) in [6, 6.07) is 5.04. The lowest BCUT2D eigenvalue weighted by Gasteiger charge is -2.33. The van der Waals surface area contributed by atoms with Gasteiger partial charge in [-0.1, -0.05) is 0 Å². The summed E-state index contributed by atoms with van der Waals surface area (Å²) in [5.41, 5.74) is 8.60. The number of nitrogens with one attached hydrogen (secondary N) is 1. The molecule has 0 saturated heterocycles. The maximum Gasteiger partial charge on any atom is 0.407 e. The van der Waals surface area contributed by atoms with Crippen LogP contribution < -0.4 is 11.1 Å². The molecule has 11 heteroatoms. The Morgan fingerprint density at radius 2 is 1.83 bits per heavy atom. The molecule has 0 atom stereocenters.